The molecule has 1 heterocycles. The van der Waals surface area contributed by atoms with Gasteiger partial charge in [0.05, 0.1) is 11.6 Å². The van der Waals surface area contributed by atoms with Crippen LogP contribution >= 0.6 is 0 Å². The molecule has 2 rings (SSSR count). The van der Waals surface area contributed by atoms with Gasteiger partial charge < -0.3 is 10.6 Å². The van der Waals surface area contributed by atoms with Gasteiger partial charge in [-0.1, -0.05) is 0 Å². The molecule has 0 fully saturated rings. The summed E-state index contributed by atoms with van der Waals surface area (Å²) in [6.07, 6.45) is 1.35. The fourth-order valence-corrected chi connectivity index (χ4v) is 1.68. The van der Waals surface area contributed by atoms with Gasteiger partial charge >= 0.3 is 0 Å². The van der Waals surface area contributed by atoms with Gasteiger partial charge in [-0.3, -0.25) is 4.79 Å². The van der Waals surface area contributed by atoms with Crippen LogP contribution in [0.2, 0.25) is 0 Å². The minimum Gasteiger partial charge on any atom is -0.368 e. The number of nitrogens with zero attached hydrogens (tertiary/aromatic N) is 3. The molecule has 0 aliphatic rings. The highest BCUT2D eigenvalue weighted by Gasteiger charge is 2.09. The highest BCUT2D eigenvalue weighted by Crippen LogP contribution is 2.11. The van der Waals surface area contributed by atoms with Crippen LogP contribution in [0.4, 0.5) is 11.5 Å². The van der Waals surface area contributed by atoms with Gasteiger partial charge in [-0.25, -0.2) is 9.97 Å². The monoisotopic (exact) mass is 281 g/mol. The average molecular weight is 281 g/mol. The Morgan fingerprint density at radius 1 is 1.24 bits per heavy atom. The number of nitrogens with one attached hydrogen (secondary N) is 2. The van der Waals surface area contributed by atoms with Gasteiger partial charge in [0, 0.05) is 17.8 Å². The van der Waals surface area contributed by atoms with Crippen LogP contribution in [0.3, 0.4) is 0 Å². The lowest BCUT2D eigenvalue weighted by molar-refractivity contribution is 0.102. The molecule has 0 spiro atoms. The van der Waals surface area contributed by atoms with Crippen molar-refractivity contribution in [3.05, 3.63) is 47.9 Å². The molecular weight excluding hydrogens is 266 g/mol. The molecule has 1 amide bonds. The Morgan fingerprint density at radius 3 is 2.57 bits per heavy atom. The van der Waals surface area contributed by atoms with E-state index in [9.17, 15) is 4.79 Å². The van der Waals surface area contributed by atoms with E-state index in [0.717, 1.165) is 0 Å². The van der Waals surface area contributed by atoms with Crippen LogP contribution in [0.15, 0.2) is 36.7 Å². The van der Waals surface area contributed by atoms with E-state index >= 15 is 0 Å². The van der Waals surface area contributed by atoms with Crippen LogP contribution in [-0.4, -0.2) is 21.9 Å². The average Bonchev–Trinajstić information content (AvgIpc) is 2.47. The lowest BCUT2D eigenvalue weighted by Gasteiger charge is -2.09. The van der Waals surface area contributed by atoms with Crippen molar-refractivity contribution in [1.29, 1.82) is 5.26 Å². The third-order valence-corrected chi connectivity index (χ3v) is 2.61. The molecule has 2 aromatic rings. The van der Waals surface area contributed by atoms with Crippen LogP contribution in [0.5, 0.6) is 0 Å². The summed E-state index contributed by atoms with van der Waals surface area (Å²) < 4.78 is 0. The number of hydrogen-bond acceptors (Lipinski definition) is 5. The maximum absolute atomic E-state index is 12.1. The van der Waals surface area contributed by atoms with E-state index in [1.54, 1.807) is 30.3 Å². The van der Waals surface area contributed by atoms with E-state index in [4.69, 9.17) is 5.26 Å². The summed E-state index contributed by atoms with van der Waals surface area (Å²) >= 11 is 0. The Balaban J connectivity index is 2.10. The second-order valence-corrected chi connectivity index (χ2v) is 4.73. The third kappa shape index (κ3) is 4.01. The van der Waals surface area contributed by atoms with E-state index in [2.05, 4.69) is 20.6 Å². The number of amides is 1. The van der Waals surface area contributed by atoms with Crippen molar-refractivity contribution in [2.45, 2.75) is 19.9 Å². The van der Waals surface area contributed by atoms with Gasteiger partial charge in [0.1, 0.15) is 17.8 Å². The SMILES string of the molecule is CC(C)Nc1cc(C(=O)Nc2ccc(C#N)cc2)ncn1. The molecular formula is C15H15N5O. The number of benzene rings is 1. The molecule has 21 heavy (non-hydrogen) atoms. The van der Waals surface area contributed by atoms with E-state index in [0.29, 0.717) is 17.1 Å². The van der Waals surface area contributed by atoms with Crippen molar-refractivity contribution in [2.75, 3.05) is 10.6 Å². The van der Waals surface area contributed by atoms with Gasteiger partial charge in [-0.15, -0.1) is 0 Å². The summed E-state index contributed by atoms with van der Waals surface area (Å²) in [5, 5.41) is 14.6. The molecule has 6 nitrogen and oxygen atoms in total. The summed E-state index contributed by atoms with van der Waals surface area (Å²) in [6.45, 7) is 3.97. The molecule has 106 valence electrons. The highest BCUT2D eigenvalue weighted by atomic mass is 16.1. The number of aromatic nitrogens is 2. The first kappa shape index (κ1) is 14.5. The molecule has 1 aromatic carbocycles. The van der Waals surface area contributed by atoms with Crippen molar-refractivity contribution in [1.82, 2.24) is 9.97 Å². The second kappa shape index (κ2) is 6.48. The fourth-order valence-electron chi connectivity index (χ4n) is 1.68. The minimum absolute atomic E-state index is 0.217. The molecule has 2 N–H and O–H groups in total. The molecule has 0 aliphatic carbocycles. The molecule has 0 atom stereocenters. The van der Waals surface area contributed by atoms with Crippen molar-refractivity contribution in [2.24, 2.45) is 0 Å². The zero-order chi connectivity index (χ0) is 15.2. The number of carbonyl (C=O) groups excluding carboxylic acids is 1. The Kier molecular flexibility index (Phi) is 4.46. The summed E-state index contributed by atoms with van der Waals surface area (Å²) in [4.78, 5) is 20.1. The van der Waals surface area contributed by atoms with Crippen molar-refractivity contribution in [3.8, 4) is 6.07 Å². The topological polar surface area (TPSA) is 90.7 Å². The number of hydrogen-bond donors (Lipinski definition) is 2. The third-order valence-electron chi connectivity index (χ3n) is 2.61. The Morgan fingerprint density at radius 2 is 1.95 bits per heavy atom. The normalized spacial score (nSPS) is 10.0. The van der Waals surface area contributed by atoms with E-state index < -0.39 is 0 Å². The van der Waals surface area contributed by atoms with Gasteiger partial charge in [0.2, 0.25) is 0 Å². The first-order valence-electron chi connectivity index (χ1n) is 6.48. The largest absolute Gasteiger partial charge is 0.368 e. The summed E-state index contributed by atoms with van der Waals surface area (Å²) in [6, 6.07) is 10.5. The first-order valence-corrected chi connectivity index (χ1v) is 6.48. The molecule has 0 bridgehead atoms. The molecule has 0 saturated carbocycles. The van der Waals surface area contributed by atoms with Gasteiger partial charge in [0.25, 0.3) is 5.91 Å². The highest BCUT2D eigenvalue weighted by molar-refractivity contribution is 6.03. The fraction of sp³-hybridized carbons (Fsp3) is 0.200. The maximum Gasteiger partial charge on any atom is 0.274 e. The molecule has 0 saturated heterocycles. The van der Waals surface area contributed by atoms with Crippen LogP contribution in [0, 0.1) is 11.3 Å². The van der Waals surface area contributed by atoms with Crippen LogP contribution in [0.1, 0.15) is 29.9 Å². The molecule has 1 aromatic heterocycles. The van der Waals surface area contributed by atoms with Crippen LogP contribution in [0.25, 0.3) is 0 Å². The zero-order valence-electron chi connectivity index (χ0n) is 11.8. The van der Waals surface area contributed by atoms with Gasteiger partial charge in [-0.05, 0) is 38.1 Å². The summed E-state index contributed by atoms with van der Waals surface area (Å²) in [7, 11) is 0. The lowest BCUT2D eigenvalue weighted by Crippen LogP contribution is -2.16. The van der Waals surface area contributed by atoms with Crippen molar-refractivity contribution < 1.29 is 4.79 Å². The second-order valence-electron chi connectivity index (χ2n) is 4.73. The van der Waals surface area contributed by atoms with Crippen molar-refractivity contribution in [3.63, 3.8) is 0 Å². The number of anilines is 2. The summed E-state index contributed by atoms with van der Waals surface area (Å²) in [5.41, 5.74) is 1.42. The zero-order valence-corrected chi connectivity index (χ0v) is 11.8. The quantitative estimate of drug-likeness (QED) is 0.898. The van der Waals surface area contributed by atoms with E-state index in [1.807, 2.05) is 19.9 Å². The number of nitriles is 1. The predicted octanol–water partition coefficient (Wildman–Crippen LogP) is 2.42. The smallest absolute Gasteiger partial charge is 0.274 e. The minimum atomic E-state index is -0.325. The predicted molar refractivity (Wildman–Crippen MR) is 79.9 cm³/mol. The Bertz CT molecular complexity index is 673. The van der Waals surface area contributed by atoms with E-state index in [1.165, 1.54) is 6.33 Å². The standard InChI is InChI=1S/C15H15N5O/c1-10(2)19-14-7-13(17-9-18-14)15(21)20-12-5-3-11(8-16)4-6-12/h3-7,9-10H,1-2H3,(H,20,21)(H,17,18,19). The lowest BCUT2D eigenvalue weighted by atomic mass is 10.2. The molecule has 0 unspecified atom stereocenters. The van der Waals surface area contributed by atoms with Crippen molar-refractivity contribution >= 4 is 17.4 Å². The van der Waals surface area contributed by atoms with E-state index in [-0.39, 0.29) is 17.6 Å². The van der Waals surface area contributed by atoms with Crippen LogP contribution < -0.4 is 10.6 Å². The Hall–Kier alpha value is -2.94. The number of carbonyl (C=O) groups is 1. The van der Waals surface area contributed by atoms with Gasteiger partial charge in [-0.2, -0.15) is 5.26 Å². The molecule has 6 heteroatoms. The molecule has 0 aliphatic heterocycles. The van der Waals surface area contributed by atoms with Gasteiger partial charge in [0.15, 0.2) is 0 Å². The number of rotatable bonds is 4. The van der Waals surface area contributed by atoms with Crippen LogP contribution in [-0.2, 0) is 0 Å². The molecule has 0 radical (unpaired) electrons. The Labute approximate surface area is 122 Å². The maximum atomic E-state index is 12.1. The first-order chi connectivity index (χ1) is 10.1. The summed E-state index contributed by atoms with van der Waals surface area (Å²) in [5.74, 6) is 0.277.